The highest BCUT2D eigenvalue weighted by Crippen LogP contribution is 2.28. The van der Waals surface area contributed by atoms with Crippen LogP contribution < -0.4 is 0 Å². The normalized spacial score (nSPS) is 12.5. The van der Waals surface area contributed by atoms with Gasteiger partial charge in [0.1, 0.15) is 0 Å². The molecule has 27 heavy (non-hydrogen) atoms. The van der Waals surface area contributed by atoms with Crippen molar-refractivity contribution in [2.24, 2.45) is 0 Å². The second-order valence-corrected chi connectivity index (χ2v) is 7.01. The van der Waals surface area contributed by atoms with Crippen LogP contribution in [-0.4, -0.2) is 16.2 Å². The van der Waals surface area contributed by atoms with Crippen molar-refractivity contribution in [2.45, 2.75) is 38.7 Å². The first-order chi connectivity index (χ1) is 13.2. The summed E-state index contributed by atoms with van der Waals surface area (Å²) >= 11 is 0. The van der Waals surface area contributed by atoms with Gasteiger partial charge in [-0.1, -0.05) is 54.6 Å². The van der Waals surface area contributed by atoms with Crippen molar-refractivity contribution in [3.63, 3.8) is 0 Å². The Kier molecular flexibility index (Phi) is 6.56. The van der Waals surface area contributed by atoms with Crippen LogP contribution in [0.3, 0.4) is 0 Å². The van der Waals surface area contributed by atoms with Crippen molar-refractivity contribution >= 4 is 16.8 Å². The second kappa shape index (κ2) is 9.29. The Morgan fingerprint density at radius 2 is 2.04 bits per heavy atom. The summed E-state index contributed by atoms with van der Waals surface area (Å²) in [5.41, 5.74) is 4.53. The monoisotopic (exact) mass is 357 g/mol. The van der Waals surface area contributed by atoms with Crippen LogP contribution in [0.4, 0.5) is 0 Å². The summed E-state index contributed by atoms with van der Waals surface area (Å²) in [6, 6.07) is 17.1. The van der Waals surface area contributed by atoms with Crippen molar-refractivity contribution in [2.75, 3.05) is 0 Å². The van der Waals surface area contributed by atoms with Crippen LogP contribution in [0.1, 0.15) is 37.3 Å². The average Bonchev–Trinajstić information content (AvgIpc) is 2.68. The summed E-state index contributed by atoms with van der Waals surface area (Å²) in [4.78, 5) is 4.64. The van der Waals surface area contributed by atoms with E-state index in [1.54, 1.807) is 0 Å². The lowest BCUT2D eigenvalue weighted by Crippen LogP contribution is -1.97. The first-order valence-corrected chi connectivity index (χ1v) is 9.61. The molecule has 0 bridgehead atoms. The van der Waals surface area contributed by atoms with Gasteiger partial charge in [-0.3, -0.25) is 4.98 Å². The molecule has 2 aromatic carbocycles. The predicted molar refractivity (Wildman–Crippen MR) is 116 cm³/mol. The number of aromatic nitrogens is 1. The van der Waals surface area contributed by atoms with Gasteiger partial charge in [0.2, 0.25) is 0 Å². The summed E-state index contributed by atoms with van der Waals surface area (Å²) in [6.45, 7) is 5.62. The molecule has 1 heterocycles. The fraction of sp³-hybridized carbons (Fsp3) is 0.240. The molecule has 2 nitrogen and oxygen atoms in total. The lowest BCUT2D eigenvalue weighted by atomic mass is 9.99. The van der Waals surface area contributed by atoms with Crippen molar-refractivity contribution < 1.29 is 5.11 Å². The Hall–Kier alpha value is -2.71. The third-order valence-corrected chi connectivity index (χ3v) is 4.69. The minimum atomic E-state index is -0.211. The number of nitrogens with zero attached hydrogens (tertiary/aromatic N) is 1. The molecule has 0 spiro atoms. The molecule has 0 saturated carbocycles. The van der Waals surface area contributed by atoms with Gasteiger partial charge in [-0.15, -0.1) is 6.58 Å². The number of benzene rings is 2. The summed E-state index contributed by atoms with van der Waals surface area (Å²) in [6.07, 6.45) is 11.7. The van der Waals surface area contributed by atoms with Gasteiger partial charge < -0.3 is 5.11 Å². The number of aliphatic hydroxyl groups is 1. The smallest absolute Gasteiger partial charge is 0.0708 e. The zero-order valence-electron chi connectivity index (χ0n) is 15.9. The van der Waals surface area contributed by atoms with Gasteiger partial charge in [-0.25, -0.2) is 0 Å². The number of hydrogen-bond acceptors (Lipinski definition) is 2. The first kappa shape index (κ1) is 19.1. The lowest BCUT2D eigenvalue weighted by Gasteiger charge is -2.08. The number of allylic oxidation sites excluding steroid dienone is 2. The summed E-state index contributed by atoms with van der Waals surface area (Å²) < 4.78 is 0. The van der Waals surface area contributed by atoms with Crippen molar-refractivity contribution in [1.82, 2.24) is 4.98 Å². The fourth-order valence-corrected chi connectivity index (χ4v) is 3.25. The van der Waals surface area contributed by atoms with Gasteiger partial charge in [0.05, 0.1) is 11.8 Å². The molecule has 0 radical (unpaired) electrons. The van der Waals surface area contributed by atoms with Crippen LogP contribution in [0.15, 0.2) is 73.5 Å². The summed E-state index contributed by atoms with van der Waals surface area (Å²) in [5.74, 6) is 0. The number of pyridine rings is 1. The number of fused-ring (bicyclic) bond motifs is 1. The van der Waals surface area contributed by atoms with E-state index < -0.39 is 0 Å². The highest BCUT2D eigenvalue weighted by atomic mass is 16.3. The first-order valence-electron chi connectivity index (χ1n) is 9.61. The van der Waals surface area contributed by atoms with E-state index in [1.165, 1.54) is 21.9 Å². The van der Waals surface area contributed by atoms with Gasteiger partial charge in [-0.2, -0.15) is 0 Å². The van der Waals surface area contributed by atoms with E-state index in [0.717, 1.165) is 36.9 Å². The van der Waals surface area contributed by atoms with E-state index in [9.17, 15) is 5.11 Å². The summed E-state index contributed by atoms with van der Waals surface area (Å²) in [5, 5.41) is 11.7. The third kappa shape index (κ3) is 5.15. The number of rotatable bonds is 8. The van der Waals surface area contributed by atoms with Crippen LogP contribution in [0.5, 0.6) is 0 Å². The molecule has 1 unspecified atom stereocenters. The maximum absolute atomic E-state index is 9.32. The maximum Gasteiger partial charge on any atom is 0.0708 e. The molecule has 1 aromatic heterocycles. The van der Waals surface area contributed by atoms with E-state index >= 15 is 0 Å². The third-order valence-electron chi connectivity index (χ3n) is 4.69. The van der Waals surface area contributed by atoms with Gasteiger partial charge in [0.25, 0.3) is 0 Å². The molecule has 0 aliphatic carbocycles. The van der Waals surface area contributed by atoms with Crippen LogP contribution in [0.25, 0.3) is 28.1 Å². The Labute approximate surface area is 161 Å². The van der Waals surface area contributed by atoms with Gasteiger partial charge in [0.15, 0.2) is 0 Å². The molecule has 2 heteroatoms. The molecule has 1 N–H and O–H groups in total. The maximum atomic E-state index is 9.32. The van der Waals surface area contributed by atoms with Crippen molar-refractivity contribution in [1.29, 1.82) is 0 Å². The molecular weight excluding hydrogens is 330 g/mol. The molecule has 3 aromatic rings. The molecule has 0 aliphatic rings. The average molecular weight is 357 g/mol. The van der Waals surface area contributed by atoms with E-state index in [4.69, 9.17) is 0 Å². The zero-order valence-corrected chi connectivity index (χ0v) is 15.9. The largest absolute Gasteiger partial charge is 0.393 e. The molecule has 138 valence electrons. The Morgan fingerprint density at radius 3 is 2.78 bits per heavy atom. The number of unbranched alkanes of at least 4 members (excludes halogenated alkanes) is 1. The van der Waals surface area contributed by atoms with Crippen molar-refractivity contribution in [3.05, 3.63) is 84.6 Å². The van der Waals surface area contributed by atoms with Crippen LogP contribution in [-0.2, 0) is 6.42 Å². The van der Waals surface area contributed by atoms with Crippen molar-refractivity contribution in [3.8, 4) is 11.3 Å². The van der Waals surface area contributed by atoms with E-state index in [2.05, 4.69) is 72.2 Å². The summed E-state index contributed by atoms with van der Waals surface area (Å²) in [7, 11) is 0. The Morgan fingerprint density at radius 1 is 1.15 bits per heavy atom. The van der Waals surface area contributed by atoms with E-state index in [0.29, 0.717) is 0 Å². The van der Waals surface area contributed by atoms with Gasteiger partial charge in [-0.05, 0) is 66.6 Å². The van der Waals surface area contributed by atoms with Crippen LogP contribution >= 0.6 is 0 Å². The Bertz CT molecular complexity index is 923. The number of hydrogen-bond donors (Lipinski definition) is 1. The molecule has 0 aliphatic heterocycles. The van der Waals surface area contributed by atoms with E-state index in [1.807, 2.05) is 19.2 Å². The van der Waals surface area contributed by atoms with Gasteiger partial charge in [0, 0.05) is 11.8 Å². The topological polar surface area (TPSA) is 33.1 Å². The highest BCUT2D eigenvalue weighted by molar-refractivity contribution is 5.96. The molecule has 0 amide bonds. The van der Waals surface area contributed by atoms with E-state index in [-0.39, 0.29) is 6.10 Å². The van der Waals surface area contributed by atoms with Gasteiger partial charge >= 0.3 is 0 Å². The van der Waals surface area contributed by atoms with Crippen LogP contribution in [0.2, 0.25) is 0 Å². The molecule has 3 rings (SSSR count). The Balaban J connectivity index is 1.80. The standard InChI is InChI=1S/C25H27NO/c1-3-8-21-14-16-25(26-18-21)24-12-7-11-22-17-20(13-15-23(22)24)10-6-4-5-9-19(2)27/h3,6-7,10-19,27H,1,4-5,8-9H2,2H3/b10-6+. The minimum absolute atomic E-state index is 0.211. The second-order valence-electron chi connectivity index (χ2n) is 7.01. The lowest BCUT2D eigenvalue weighted by molar-refractivity contribution is 0.182. The molecule has 0 fully saturated rings. The van der Waals surface area contributed by atoms with Crippen LogP contribution in [0, 0.1) is 0 Å². The SMILES string of the molecule is C=CCc1ccc(-c2cccc3cc(/C=C/CCCC(C)O)ccc23)nc1. The zero-order chi connectivity index (χ0) is 19.1. The number of aliphatic hydroxyl groups excluding tert-OH is 1. The quantitative estimate of drug-likeness (QED) is 0.385. The molecule has 1 atom stereocenters. The molecular formula is C25H27NO. The minimum Gasteiger partial charge on any atom is -0.393 e. The fourth-order valence-electron chi connectivity index (χ4n) is 3.25. The highest BCUT2D eigenvalue weighted by Gasteiger charge is 2.05. The molecule has 0 saturated heterocycles. The predicted octanol–water partition coefficient (Wildman–Crippen LogP) is 6.19.